The van der Waals surface area contributed by atoms with Gasteiger partial charge in [-0.1, -0.05) is 11.8 Å². The number of piperidine rings is 1. The summed E-state index contributed by atoms with van der Waals surface area (Å²) < 4.78 is 7.48. The van der Waals surface area contributed by atoms with Crippen LogP contribution in [0.15, 0.2) is 15.5 Å². The van der Waals surface area contributed by atoms with Gasteiger partial charge in [0.05, 0.1) is 12.4 Å². The van der Waals surface area contributed by atoms with Crippen molar-refractivity contribution in [1.82, 2.24) is 24.6 Å². The molecule has 2 aliphatic rings. The van der Waals surface area contributed by atoms with E-state index in [4.69, 9.17) is 21.6 Å². The maximum Gasteiger partial charge on any atom is 0.288 e. The van der Waals surface area contributed by atoms with Crippen molar-refractivity contribution in [3.8, 4) is 0 Å². The minimum atomic E-state index is 0.449. The third-order valence-corrected chi connectivity index (χ3v) is 6.17. The normalized spacial score (nSPS) is 18.3. The van der Waals surface area contributed by atoms with Crippen LogP contribution in [0.5, 0.6) is 0 Å². The Hall–Kier alpha value is -1.45. The second-order valence-corrected chi connectivity index (χ2v) is 8.56. The van der Waals surface area contributed by atoms with Gasteiger partial charge in [-0.05, 0) is 70.4 Å². The highest BCUT2D eigenvalue weighted by Crippen LogP contribution is 2.24. The summed E-state index contributed by atoms with van der Waals surface area (Å²) in [6.07, 6.45) is 6.24. The fourth-order valence-electron chi connectivity index (χ4n) is 3.58. The number of thioether (sulfide) groups is 1. The van der Waals surface area contributed by atoms with Gasteiger partial charge in [-0.2, -0.15) is 0 Å². The van der Waals surface area contributed by atoms with E-state index in [0.29, 0.717) is 16.5 Å². The lowest BCUT2D eigenvalue weighted by Crippen LogP contribution is -2.31. The summed E-state index contributed by atoms with van der Waals surface area (Å²) in [5, 5.41) is 5.51. The molecule has 0 atom stereocenters. The van der Waals surface area contributed by atoms with Gasteiger partial charge in [0, 0.05) is 18.8 Å². The number of aromatic nitrogens is 4. The van der Waals surface area contributed by atoms with Gasteiger partial charge in [0.2, 0.25) is 11.8 Å². The van der Waals surface area contributed by atoms with E-state index in [0.717, 1.165) is 49.5 Å². The first-order valence-corrected chi connectivity index (χ1v) is 11.1. The van der Waals surface area contributed by atoms with Crippen molar-refractivity contribution >= 4 is 29.9 Å². The van der Waals surface area contributed by atoms with E-state index < -0.39 is 0 Å². The van der Waals surface area contributed by atoms with Crippen LogP contribution in [-0.4, -0.2) is 50.8 Å². The zero-order valence-electron chi connectivity index (χ0n) is 15.8. The molecule has 146 valence electrons. The molecule has 0 radical (unpaired) electrons. The summed E-state index contributed by atoms with van der Waals surface area (Å²) in [7, 11) is 0. The third kappa shape index (κ3) is 4.89. The Morgan fingerprint density at radius 3 is 2.59 bits per heavy atom. The first-order chi connectivity index (χ1) is 13.2. The molecule has 4 rings (SSSR count). The molecule has 0 unspecified atom stereocenters. The van der Waals surface area contributed by atoms with Crippen molar-refractivity contribution in [2.45, 2.75) is 56.5 Å². The molecule has 0 aromatic carbocycles. The molecule has 27 heavy (non-hydrogen) atoms. The Morgan fingerprint density at radius 2 is 1.81 bits per heavy atom. The van der Waals surface area contributed by atoms with E-state index in [-0.39, 0.29) is 0 Å². The highest BCUT2D eigenvalue weighted by atomic mass is 32.2. The first kappa shape index (κ1) is 18.9. The molecule has 0 aliphatic carbocycles. The maximum absolute atomic E-state index is 5.69. The first-order valence-electron chi connectivity index (χ1n) is 9.70. The minimum absolute atomic E-state index is 0.449. The number of nitrogens with zero attached hydrogens (tertiary/aromatic N) is 6. The monoisotopic (exact) mass is 406 g/mol. The van der Waals surface area contributed by atoms with Gasteiger partial charge in [0.25, 0.3) is 4.84 Å². The van der Waals surface area contributed by atoms with E-state index in [2.05, 4.69) is 19.9 Å². The van der Waals surface area contributed by atoms with Crippen molar-refractivity contribution in [3.63, 3.8) is 0 Å². The summed E-state index contributed by atoms with van der Waals surface area (Å²) >= 11 is 6.95. The van der Waals surface area contributed by atoms with Crippen LogP contribution in [0, 0.1) is 11.8 Å². The van der Waals surface area contributed by atoms with Crippen molar-refractivity contribution in [2.24, 2.45) is 0 Å². The molecule has 0 saturated carbocycles. The van der Waals surface area contributed by atoms with Crippen LogP contribution < -0.4 is 4.90 Å². The van der Waals surface area contributed by atoms with Crippen LogP contribution in [-0.2, 0) is 12.4 Å². The minimum Gasteiger partial charge on any atom is -0.413 e. The second kappa shape index (κ2) is 8.70. The number of anilines is 1. The van der Waals surface area contributed by atoms with Crippen molar-refractivity contribution in [1.29, 1.82) is 0 Å². The lowest BCUT2D eigenvalue weighted by molar-refractivity contribution is 0.249. The predicted octanol–water partition coefficient (Wildman–Crippen LogP) is 3.64. The average Bonchev–Trinajstić information content (AvgIpc) is 3.31. The van der Waals surface area contributed by atoms with Crippen LogP contribution in [0.4, 0.5) is 5.95 Å². The summed E-state index contributed by atoms with van der Waals surface area (Å²) in [6.45, 7) is 7.05. The van der Waals surface area contributed by atoms with Crippen LogP contribution >= 0.6 is 24.0 Å². The number of aryl methyl sites for hydroxylation is 1. The molecule has 7 nitrogen and oxygen atoms in total. The smallest absolute Gasteiger partial charge is 0.288 e. The molecule has 4 heterocycles. The molecule has 2 aromatic heterocycles. The Bertz CT molecular complexity index is 823. The predicted molar refractivity (Wildman–Crippen MR) is 109 cm³/mol. The van der Waals surface area contributed by atoms with Crippen molar-refractivity contribution < 1.29 is 4.42 Å². The lowest BCUT2D eigenvalue weighted by atomic mass is 10.1. The fraction of sp³-hybridized carbons (Fsp3) is 0.667. The SMILES string of the molecule is Cc1cc(SCc2nn(CN3CCCC3)c(=S)o2)nc(N2CCCCC2)n1. The number of hydrogen-bond acceptors (Lipinski definition) is 8. The van der Waals surface area contributed by atoms with E-state index in [1.54, 1.807) is 16.4 Å². The lowest BCUT2D eigenvalue weighted by Gasteiger charge is -2.27. The Morgan fingerprint density at radius 1 is 1.07 bits per heavy atom. The summed E-state index contributed by atoms with van der Waals surface area (Å²) in [5.74, 6) is 2.12. The Balaban J connectivity index is 1.41. The van der Waals surface area contributed by atoms with Crippen molar-refractivity contribution in [2.75, 3.05) is 31.1 Å². The largest absolute Gasteiger partial charge is 0.413 e. The van der Waals surface area contributed by atoms with E-state index in [1.165, 1.54) is 32.1 Å². The molecule has 9 heteroatoms. The van der Waals surface area contributed by atoms with Crippen LogP contribution in [0.25, 0.3) is 0 Å². The van der Waals surface area contributed by atoms with Crippen LogP contribution in [0.3, 0.4) is 0 Å². The zero-order valence-corrected chi connectivity index (χ0v) is 17.4. The molecular formula is C18H26N6OS2. The topological polar surface area (TPSA) is 63.2 Å². The van der Waals surface area contributed by atoms with Gasteiger partial charge >= 0.3 is 0 Å². The molecule has 2 aliphatic heterocycles. The molecule has 0 amide bonds. The molecule has 0 bridgehead atoms. The molecule has 0 N–H and O–H groups in total. The summed E-state index contributed by atoms with van der Waals surface area (Å²) in [5.41, 5.74) is 0.994. The van der Waals surface area contributed by atoms with Crippen LogP contribution in [0.1, 0.15) is 43.7 Å². The molecule has 0 spiro atoms. The standard InChI is InChI=1S/C18H26N6OS2/c1-14-11-16(20-17(19-14)23-9-3-2-4-10-23)27-12-15-21-24(18(26)25-15)13-22-7-5-6-8-22/h11H,2-10,12-13H2,1H3. The number of hydrogen-bond donors (Lipinski definition) is 0. The highest BCUT2D eigenvalue weighted by Gasteiger charge is 2.17. The molecule has 2 saturated heterocycles. The maximum atomic E-state index is 5.69. The second-order valence-electron chi connectivity index (χ2n) is 7.21. The molecule has 2 fully saturated rings. The molecule has 2 aromatic rings. The summed E-state index contributed by atoms with van der Waals surface area (Å²) in [6, 6.07) is 2.02. The van der Waals surface area contributed by atoms with Crippen LogP contribution in [0.2, 0.25) is 0 Å². The average molecular weight is 407 g/mol. The number of rotatable bonds is 6. The fourth-order valence-corrected chi connectivity index (χ4v) is 4.56. The quantitative estimate of drug-likeness (QED) is 0.409. The highest BCUT2D eigenvalue weighted by molar-refractivity contribution is 7.98. The van der Waals surface area contributed by atoms with E-state index >= 15 is 0 Å². The van der Waals surface area contributed by atoms with Crippen molar-refractivity contribution in [3.05, 3.63) is 22.5 Å². The van der Waals surface area contributed by atoms with Gasteiger partial charge < -0.3 is 9.32 Å². The van der Waals surface area contributed by atoms with Gasteiger partial charge in [-0.3, -0.25) is 4.90 Å². The van der Waals surface area contributed by atoms with E-state index in [9.17, 15) is 0 Å². The third-order valence-electron chi connectivity index (χ3n) is 4.98. The number of likely N-dealkylation sites (tertiary alicyclic amines) is 1. The zero-order chi connectivity index (χ0) is 18.6. The van der Waals surface area contributed by atoms with Gasteiger partial charge in [0.1, 0.15) is 5.03 Å². The van der Waals surface area contributed by atoms with Gasteiger partial charge in [-0.15, -0.1) is 5.10 Å². The van der Waals surface area contributed by atoms with Gasteiger partial charge in [0.15, 0.2) is 0 Å². The van der Waals surface area contributed by atoms with E-state index in [1.807, 2.05) is 13.0 Å². The Kier molecular flexibility index (Phi) is 6.09. The summed E-state index contributed by atoms with van der Waals surface area (Å²) in [4.78, 5) is 14.5. The van der Waals surface area contributed by atoms with Gasteiger partial charge in [-0.25, -0.2) is 14.6 Å². The Labute approximate surface area is 169 Å². The molecular weight excluding hydrogens is 380 g/mol.